The minimum atomic E-state index is -0.500. The summed E-state index contributed by atoms with van der Waals surface area (Å²) < 4.78 is 4.60. The molecule has 8 heteroatoms. The molecule has 0 saturated heterocycles. The third-order valence-electron chi connectivity index (χ3n) is 2.51. The van der Waals surface area contributed by atoms with Crippen molar-refractivity contribution in [1.29, 1.82) is 0 Å². The molecule has 1 amide bonds. The fourth-order valence-electron chi connectivity index (χ4n) is 1.64. The van der Waals surface area contributed by atoms with Gasteiger partial charge in [0.15, 0.2) is 0 Å². The van der Waals surface area contributed by atoms with Crippen LogP contribution in [0.2, 0.25) is 0 Å². The molecule has 0 unspecified atom stereocenters. The lowest BCUT2D eigenvalue weighted by molar-refractivity contribution is -0.384. The van der Waals surface area contributed by atoms with Crippen molar-refractivity contribution in [3.63, 3.8) is 0 Å². The normalized spacial score (nSPS) is 10.1. The van der Waals surface area contributed by atoms with Gasteiger partial charge in [-0.25, -0.2) is 0 Å². The summed E-state index contributed by atoms with van der Waals surface area (Å²) in [4.78, 5) is 22.3. The molecule has 0 bridgehead atoms. The zero-order chi connectivity index (χ0) is 14.5. The summed E-state index contributed by atoms with van der Waals surface area (Å²) in [6.45, 7) is 2.32. The summed E-state index contributed by atoms with van der Waals surface area (Å²) in [7, 11) is 0. The summed E-state index contributed by atoms with van der Waals surface area (Å²) >= 11 is 0. The van der Waals surface area contributed by atoms with Gasteiger partial charge in [0.1, 0.15) is 17.6 Å². The summed E-state index contributed by atoms with van der Waals surface area (Å²) in [6, 6.07) is 4.12. The zero-order valence-electron chi connectivity index (χ0n) is 10.6. The quantitative estimate of drug-likeness (QED) is 0.640. The van der Waals surface area contributed by atoms with Gasteiger partial charge < -0.3 is 15.2 Å². The molecule has 0 aliphatic carbocycles. The molecule has 104 valence electrons. The largest absolute Gasteiger partial charge is 0.380 e. The minimum Gasteiger partial charge on any atom is -0.380 e. The molecule has 2 N–H and O–H groups in total. The number of nitrogens with zero attached hydrogens (tertiary/aromatic N) is 2. The van der Waals surface area contributed by atoms with Gasteiger partial charge in [0.2, 0.25) is 0 Å². The predicted octanol–water partition coefficient (Wildman–Crippen LogP) is 2.27. The highest BCUT2D eigenvalue weighted by Gasteiger charge is 2.16. The van der Waals surface area contributed by atoms with Crippen LogP contribution >= 0.6 is 0 Å². The van der Waals surface area contributed by atoms with E-state index in [0.717, 1.165) is 0 Å². The maximum absolute atomic E-state index is 12.0. The molecule has 0 aliphatic heterocycles. The lowest BCUT2D eigenvalue weighted by Gasteiger charge is -2.07. The molecule has 1 aromatic heterocycles. The molecule has 0 fully saturated rings. The number of benzene rings is 1. The second-order valence-electron chi connectivity index (χ2n) is 3.89. The van der Waals surface area contributed by atoms with Gasteiger partial charge in [-0.05, 0) is 19.1 Å². The third kappa shape index (κ3) is 2.91. The number of nitro groups is 1. The molecule has 0 saturated carbocycles. The van der Waals surface area contributed by atoms with Crippen LogP contribution in [0.15, 0.2) is 35.2 Å². The average molecular weight is 276 g/mol. The Morgan fingerprint density at radius 1 is 1.50 bits per heavy atom. The van der Waals surface area contributed by atoms with Crippen LogP contribution in [0.5, 0.6) is 0 Å². The van der Waals surface area contributed by atoms with Crippen molar-refractivity contribution in [2.45, 2.75) is 6.92 Å². The number of carbonyl (C=O) groups excluding carboxylic acids is 1. The Bertz CT molecular complexity index is 624. The average Bonchev–Trinajstić information content (AvgIpc) is 2.91. The topological polar surface area (TPSA) is 110 Å². The van der Waals surface area contributed by atoms with Gasteiger partial charge in [-0.2, -0.15) is 0 Å². The first-order chi connectivity index (χ1) is 9.61. The van der Waals surface area contributed by atoms with Crippen molar-refractivity contribution in [1.82, 2.24) is 5.16 Å². The number of nitrogens with one attached hydrogen (secondary N) is 2. The lowest BCUT2D eigenvalue weighted by atomic mass is 10.1. The highest BCUT2D eigenvalue weighted by Crippen LogP contribution is 2.25. The Morgan fingerprint density at radius 3 is 2.90 bits per heavy atom. The Balaban J connectivity index is 2.26. The van der Waals surface area contributed by atoms with Crippen LogP contribution in [-0.2, 0) is 0 Å². The molecule has 8 nitrogen and oxygen atoms in total. The molecule has 0 atom stereocenters. The first-order valence-electron chi connectivity index (χ1n) is 5.85. The Kier molecular flexibility index (Phi) is 3.94. The smallest absolute Gasteiger partial charge is 0.292 e. The van der Waals surface area contributed by atoms with E-state index in [-0.39, 0.29) is 5.69 Å². The molecule has 0 aliphatic rings. The first kappa shape index (κ1) is 13.5. The number of hydrogen-bond donors (Lipinski definition) is 2. The fraction of sp³-hybridized carbons (Fsp3) is 0.167. The predicted molar refractivity (Wildman–Crippen MR) is 71.7 cm³/mol. The highest BCUT2D eigenvalue weighted by molar-refractivity contribution is 6.05. The van der Waals surface area contributed by atoms with E-state index in [1.807, 2.05) is 6.92 Å². The number of aromatic nitrogens is 1. The van der Waals surface area contributed by atoms with Crippen LogP contribution in [0, 0.1) is 10.1 Å². The lowest BCUT2D eigenvalue weighted by Crippen LogP contribution is -2.12. The number of carbonyl (C=O) groups is 1. The molecule has 0 radical (unpaired) electrons. The van der Waals surface area contributed by atoms with Crippen LogP contribution in [0.25, 0.3) is 0 Å². The van der Waals surface area contributed by atoms with Crippen molar-refractivity contribution in [3.05, 3.63) is 46.3 Å². The monoisotopic (exact) mass is 276 g/mol. The van der Waals surface area contributed by atoms with Gasteiger partial charge in [-0.15, -0.1) is 0 Å². The molecule has 0 spiro atoms. The van der Waals surface area contributed by atoms with Crippen LogP contribution in [0.1, 0.15) is 17.3 Å². The molecular weight excluding hydrogens is 264 g/mol. The van der Waals surface area contributed by atoms with Gasteiger partial charge in [-0.3, -0.25) is 14.9 Å². The van der Waals surface area contributed by atoms with Crippen LogP contribution in [0.4, 0.5) is 17.1 Å². The van der Waals surface area contributed by atoms with E-state index in [2.05, 4.69) is 20.3 Å². The molecule has 1 heterocycles. The minimum absolute atomic E-state index is 0.0756. The summed E-state index contributed by atoms with van der Waals surface area (Å²) in [5, 5.41) is 19.8. The van der Waals surface area contributed by atoms with Gasteiger partial charge in [0, 0.05) is 18.2 Å². The van der Waals surface area contributed by atoms with Crippen LogP contribution in [-0.4, -0.2) is 22.5 Å². The second kappa shape index (κ2) is 5.83. The van der Waals surface area contributed by atoms with Gasteiger partial charge in [0.05, 0.1) is 11.1 Å². The number of anilines is 2. The van der Waals surface area contributed by atoms with E-state index < -0.39 is 10.8 Å². The van der Waals surface area contributed by atoms with E-state index >= 15 is 0 Å². The molecule has 1 aromatic carbocycles. The van der Waals surface area contributed by atoms with Crippen molar-refractivity contribution in [2.24, 2.45) is 0 Å². The number of hydrogen-bond acceptors (Lipinski definition) is 6. The zero-order valence-corrected chi connectivity index (χ0v) is 10.6. The van der Waals surface area contributed by atoms with Gasteiger partial charge in [-0.1, -0.05) is 5.16 Å². The molecule has 20 heavy (non-hydrogen) atoms. The number of rotatable bonds is 5. The molecule has 2 aromatic rings. The van der Waals surface area contributed by atoms with Crippen LogP contribution in [0.3, 0.4) is 0 Å². The standard InChI is InChI=1S/C12H12N4O4/c1-2-13-10-5-8(3-4-11(10)16(18)19)12(17)15-9-6-14-20-7-9/h3-7,13H,2H2,1H3,(H,15,17). The highest BCUT2D eigenvalue weighted by atomic mass is 16.6. The van der Waals surface area contributed by atoms with Crippen molar-refractivity contribution >= 4 is 23.0 Å². The maximum atomic E-state index is 12.0. The Labute approximate surface area is 113 Å². The van der Waals surface area contributed by atoms with E-state index in [1.54, 1.807) is 0 Å². The van der Waals surface area contributed by atoms with Gasteiger partial charge in [0.25, 0.3) is 11.6 Å². The van der Waals surface area contributed by atoms with Crippen molar-refractivity contribution < 1.29 is 14.2 Å². The number of amides is 1. The Hall–Kier alpha value is -2.90. The van der Waals surface area contributed by atoms with E-state index in [9.17, 15) is 14.9 Å². The molecule has 2 rings (SSSR count). The third-order valence-corrected chi connectivity index (χ3v) is 2.51. The Morgan fingerprint density at radius 2 is 2.30 bits per heavy atom. The summed E-state index contributed by atoms with van der Waals surface area (Å²) in [6.07, 6.45) is 2.64. The summed E-state index contributed by atoms with van der Waals surface area (Å²) in [5.74, 6) is -0.401. The summed E-state index contributed by atoms with van der Waals surface area (Å²) in [5.41, 5.74) is 0.940. The SMILES string of the molecule is CCNc1cc(C(=O)Nc2cnoc2)ccc1[N+](=O)[O-]. The van der Waals surface area contributed by atoms with Crippen molar-refractivity contribution in [3.8, 4) is 0 Å². The van der Waals surface area contributed by atoms with Crippen molar-refractivity contribution in [2.75, 3.05) is 17.2 Å². The fourth-order valence-corrected chi connectivity index (χ4v) is 1.64. The first-order valence-corrected chi connectivity index (χ1v) is 5.85. The van der Waals surface area contributed by atoms with E-state index in [1.165, 1.54) is 30.7 Å². The number of nitro benzene ring substituents is 1. The second-order valence-corrected chi connectivity index (χ2v) is 3.89. The molecular formula is C12H12N4O4. The van der Waals surface area contributed by atoms with E-state index in [4.69, 9.17) is 0 Å². The van der Waals surface area contributed by atoms with Gasteiger partial charge >= 0.3 is 0 Å². The van der Waals surface area contributed by atoms with E-state index in [0.29, 0.717) is 23.5 Å². The maximum Gasteiger partial charge on any atom is 0.292 e. The van der Waals surface area contributed by atoms with Crippen LogP contribution < -0.4 is 10.6 Å².